The number of piperidine rings is 1. The van der Waals surface area contributed by atoms with E-state index in [-0.39, 0.29) is 0 Å². The molecule has 1 aromatic carbocycles. The molecule has 0 amide bonds. The van der Waals surface area contributed by atoms with Crippen LogP contribution < -0.4 is 5.32 Å². The van der Waals surface area contributed by atoms with Crippen molar-refractivity contribution in [2.75, 3.05) is 13.1 Å². The lowest BCUT2D eigenvalue weighted by Crippen LogP contribution is -2.32. The molecule has 3 nitrogen and oxygen atoms in total. The minimum absolute atomic E-state index is 0.467. The van der Waals surface area contributed by atoms with Crippen LogP contribution in [0.3, 0.4) is 0 Å². The quantitative estimate of drug-likeness (QED) is 0.930. The Bertz CT molecular complexity index is 633. The Balaban J connectivity index is 2.04. The number of rotatable bonds is 3. The predicted molar refractivity (Wildman–Crippen MR) is 88.9 cm³/mol. The second-order valence-corrected chi connectivity index (χ2v) is 6.87. The van der Waals surface area contributed by atoms with Gasteiger partial charge in [-0.3, -0.25) is 0 Å². The number of nitrogens with one attached hydrogen (secondary N) is 1. The summed E-state index contributed by atoms with van der Waals surface area (Å²) < 4.78 is 2.48. The first kappa shape index (κ1) is 14.6. The molecule has 1 unspecified atom stereocenters. The molecule has 1 aliphatic heterocycles. The van der Waals surface area contributed by atoms with Gasteiger partial charge in [0.2, 0.25) is 0 Å². The Morgan fingerprint density at radius 3 is 2.71 bits per heavy atom. The first-order chi connectivity index (χ1) is 10.1. The van der Waals surface area contributed by atoms with Crippen molar-refractivity contribution in [3.63, 3.8) is 0 Å². The normalized spacial score (nSPS) is 19.6. The van der Waals surface area contributed by atoms with Crippen molar-refractivity contribution in [3.8, 4) is 0 Å². The highest BCUT2D eigenvalue weighted by atomic mass is 15.1. The molecule has 0 radical (unpaired) electrons. The van der Waals surface area contributed by atoms with Crippen molar-refractivity contribution in [3.05, 3.63) is 29.1 Å². The fraction of sp³-hybridized carbons (Fsp3) is 0.611. The molecule has 1 saturated heterocycles. The molecule has 1 aromatic heterocycles. The first-order valence-corrected chi connectivity index (χ1v) is 8.24. The van der Waals surface area contributed by atoms with E-state index in [0.717, 1.165) is 24.5 Å². The van der Waals surface area contributed by atoms with Crippen molar-refractivity contribution >= 4 is 11.0 Å². The Morgan fingerprint density at radius 2 is 2.05 bits per heavy atom. The van der Waals surface area contributed by atoms with Crippen LogP contribution >= 0.6 is 0 Å². The van der Waals surface area contributed by atoms with Crippen LogP contribution in [-0.4, -0.2) is 22.6 Å². The highest BCUT2D eigenvalue weighted by Gasteiger charge is 2.19. The van der Waals surface area contributed by atoms with Gasteiger partial charge < -0.3 is 9.88 Å². The molecular formula is C18H27N3. The van der Waals surface area contributed by atoms with Crippen molar-refractivity contribution in [1.29, 1.82) is 0 Å². The summed E-state index contributed by atoms with van der Waals surface area (Å²) in [5.74, 6) is 2.44. The van der Waals surface area contributed by atoms with Gasteiger partial charge in [0.05, 0.1) is 11.0 Å². The van der Waals surface area contributed by atoms with Crippen molar-refractivity contribution in [2.24, 2.45) is 5.92 Å². The Morgan fingerprint density at radius 1 is 1.29 bits per heavy atom. The number of hydrogen-bond donors (Lipinski definition) is 1. The lowest BCUT2D eigenvalue weighted by Gasteiger charge is -2.24. The second-order valence-electron chi connectivity index (χ2n) is 6.87. The fourth-order valence-corrected chi connectivity index (χ4v) is 3.37. The third-order valence-electron chi connectivity index (χ3n) is 4.75. The number of fused-ring (bicyclic) bond motifs is 1. The Labute approximate surface area is 127 Å². The van der Waals surface area contributed by atoms with Gasteiger partial charge in [-0.1, -0.05) is 13.8 Å². The van der Waals surface area contributed by atoms with Gasteiger partial charge in [0, 0.05) is 12.5 Å². The van der Waals surface area contributed by atoms with E-state index in [1.807, 2.05) is 0 Å². The Kier molecular flexibility index (Phi) is 4.03. The summed E-state index contributed by atoms with van der Waals surface area (Å²) >= 11 is 0. The SMILES string of the molecule is Cc1cc2nc(C(C)C)n(CC3CCCNC3)c2cc1C. The zero-order valence-corrected chi connectivity index (χ0v) is 13.7. The monoisotopic (exact) mass is 285 g/mol. The van der Waals surface area contributed by atoms with Crippen LogP contribution in [0.2, 0.25) is 0 Å². The maximum atomic E-state index is 4.92. The topological polar surface area (TPSA) is 29.9 Å². The van der Waals surface area contributed by atoms with Gasteiger partial charge in [-0.05, 0) is 69.0 Å². The molecule has 2 heterocycles. The smallest absolute Gasteiger partial charge is 0.112 e. The van der Waals surface area contributed by atoms with E-state index in [1.54, 1.807) is 0 Å². The van der Waals surface area contributed by atoms with E-state index in [9.17, 15) is 0 Å². The molecule has 0 saturated carbocycles. The number of aromatic nitrogens is 2. The van der Waals surface area contributed by atoms with Gasteiger partial charge in [-0.15, -0.1) is 0 Å². The summed E-state index contributed by atoms with van der Waals surface area (Å²) in [6.07, 6.45) is 2.63. The molecule has 0 spiro atoms. The number of imidazole rings is 1. The number of aryl methyl sites for hydroxylation is 2. The van der Waals surface area contributed by atoms with E-state index in [1.165, 1.54) is 41.9 Å². The summed E-state index contributed by atoms with van der Waals surface area (Å²) in [5, 5.41) is 3.53. The molecule has 1 aliphatic rings. The largest absolute Gasteiger partial charge is 0.327 e. The van der Waals surface area contributed by atoms with Gasteiger partial charge in [0.25, 0.3) is 0 Å². The van der Waals surface area contributed by atoms with E-state index in [0.29, 0.717) is 5.92 Å². The maximum absolute atomic E-state index is 4.92. The molecule has 0 aliphatic carbocycles. The second kappa shape index (κ2) is 5.80. The van der Waals surface area contributed by atoms with Gasteiger partial charge >= 0.3 is 0 Å². The van der Waals surface area contributed by atoms with Crippen LogP contribution in [0.5, 0.6) is 0 Å². The minimum atomic E-state index is 0.467. The van der Waals surface area contributed by atoms with E-state index in [4.69, 9.17) is 4.98 Å². The maximum Gasteiger partial charge on any atom is 0.112 e. The van der Waals surface area contributed by atoms with Crippen molar-refractivity contribution < 1.29 is 0 Å². The van der Waals surface area contributed by atoms with Gasteiger partial charge in [0.15, 0.2) is 0 Å². The van der Waals surface area contributed by atoms with Gasteiger partial charge in [-0.2, -0.15) is 0 Å². The third-order valence-corrected chi connectivity index (χ3v) is 4.75. The average Bonchev–Trinajstić information content (AvgIpc) is 2.79. The van der Waals surface area contributed by atoms with Crippen molar-refractivity contribution in [1.82, 2.24) is 14.9 Å². The summed E-state index contributed by atoms with van der Waals surface area (Å²) in [6, 6.07) is 4.56. The molecule has 3 rings (SSSR count). The third kappa shape index (κ3) is 2.84. The number of benzene rings is 1. The molecule has 21 heavy (non-hydrogen) atoms. The molecule has 2 aromatic rings. The van der Waals surface area contributed by atoms with E-state index >= 15 is 0 Å². The highest BCUT2D eigenvalue weighted by molar-refractivity contribution is 5.78. The number of hydrogen-bond acceptors (Lipinski definition) is 2. The number of nitrogens with zero attached hydrogens (tertiary/aromatic N) is 2. The predicted octanol–water partition coefficient (Wildman–Crippen LogP) is 3.78. The molecule has 114 valence electrons. The fourth-order valence-electron chi connectivity index (χ4n) is 3.37. The van der Waals surface area contributed by atoms with E-state index < -0.39 is 0 Å². The van der Waals surface area contributed by atoms with Crippen LogP contribution in [0, 0.1) is 19.8 Å². The summed E-state index contributed by atoms with van der Waals surface area (Å²) in [7, 11) is 0. The van der Waals surface area contributed by atoms with Crippen LogP contribution in [0.1, 0.15) is 49.6 Å². The summed E-state index contributed by atoms with van der Waals surface area (Å²) in [6.45, 7) is 12.3. The lowest BCUT2D eigenvalue weighted by atomic mass is 9.99. The summed E-state index contributed by atoms with van der Waals surface area (Å²) in [4.78, 5) is 4.92. The minimum Gasteiger partial charge on any atom is -0.327 e. The zero-order chi connectivity index (χ0) is 15.0. The van der Waals surface area contributed by atoms with Crippen LogP contribution in [0.15, 0.2) is 12.1 Å². The molecule has 1 atom stereocenters. The average molecular weight is 285 g/mol. The lowest BCUT2D eigenvalue weighted by molar-refractivity contribution is 0.335. The van der Waals surface area contributed by atoms with Crippen LogP contribution in [0.25, 0.3) is 11.0 Å². The molecule has 0 bridgehead atoms. The van der Waals surface area contributed by atoms with E-state index in [2.05, 4.69) is 49.7 Å². The van der Waals surface area contributed by atoms with Crippen LogP contribution in [-0.2, 0) is 6.54 Å². The molecular weight excluding hydrogens is 258 g/mol. The Hall–Kier alpha value is -1.35. The molecule has 1 fully saturated rings. The van der Waals surface area contributed by atoms with Crippen molar-refractivity contribution in [2.45, 2.75) is 53.0 Å². The summed E-state index contributed by atoms with van der Waals surface area (Å²) in [5.41, 5.74) is 5.17. The van der Waals surface area contributed by atoms with Gasteiger partial charge in [0.1, 0.15) is 5.82 Å². The molecule has 1 N–H and O–H groups in total. The molecule has 3 heteroatoms. The zero-order valence-electron chi connectivity index (χ0n) is 13.7. The first-order valence-electron chi connectivity index (χ1n) is 8.24. The van der Waals surface area contributed by atoms with Crippen LogP contribution in [0.4, 0.5) is 0 Å². The van der Waals surface area contributed by atoms with Gasteiger partial charge in [-0.25, -0.2) is 4.98 Å². The standard InChI is InChI=1S/C18H27N3/c1-12(2)18-20-16-8-13(3)14(4)9-17(16)21(18)11-15-6-5-7-19-10-15/h8-9,12,15,19H,5-7,10-11H2,1-4H3. The highest BCUT2D eigenvalue weighted by Crippen LogP contribution is 2.26.